The number of anilines is 1. The number of carbonyl (C=O) groups excluding carboxylic acids is 2. The van der Waals surface area contributed by atoms with Crippen LogP contribution in [0.3, 0.4) is 0 Å². The van der Waals surface area contributed by atoms with E-state index in [-0.39, 0.29) is 17.7 Å². The Hall–Kier alpha value is -2.62. The Morgan fingerprint density at radius 3 is 2.21 bits per heavy atom. The number of hydrogen-bond donors (Lipinski definition) is 1. The lowest BCUT2D eigenvalue weighted by Crippen LogP contribution is -2.27. The number of amides is 2. The lowest BCUT2D eigenvalue weighted by atomic mass is 9.96. The zero-order valence-electron chi connectivity index (χ0n) is 17.1. The van der Waals surface area contributed by atoms with Gasteiger partial charge in [0.2, 0.25) is 11.8 Å². The van der Waals surface area contributed by atoms with E-state index >= 15 is 0 Å². The minimum Gasteiger partial charge on any atom is -0.352 e. The van der Waals surface area contributed by atoms with Gasteiger partial charge in [-0.2, -0.15) is 0 Å². The Kier molecular flexibility index (Phi) is 6.50. The maximum absolute atomic E-state index is 12.5. The van der Waals surface area contributed by atoms with Gasteiger partial charge < -0.3 is 10.2 Å². The first-order chi connectivity index (χ1) is 13.4. The standard InChI is InChI=1S/C24H30N2O2/c1-17(2)15-19-6-10-21(11-7-19)18(3)24(28)25-16-20-8-12-22(13-9-20)26-14-4-5-23(26)27/h6-13,17-18H,4-5,14-16H2,1-3H3,(H,25,28). The molecule has 1 saturated heterocycles. The number of benzene rings is 2. The molecule has 1 atom stereocenters. The van der Waals surface area contributed by atoms with Crippen LogP contribution in [0, 0.1) is 5.92 Å². The van der Waals surface area contributed by atoms with E-state index in [2.05, 4.69) is 43.4 Å². The second-order valence-electron chi connectivity index (χ2n) is 8.09. The fraction of sp³-hybridized carbons (Fsp3) is 0.417. The van der Waals surface area contributed by atoms with Crippen molar-refractivity contribution < 1.29 is 9.59 Å². The monoisotopic (exact) mass is 378 g/mol. The van der Waals surface area contributed by atoms with Gasteiger partial charge in [0.15, 0.2) is 0 Å². The van der Waals surface area contributed by atoms with Crippen molar-refractivity contribution >= 4 is 17.5 Å². The topological polar surface area (TPSA) is 49.4 Å². The molecule has 0 aliphatic carbocycles. The molecule has 0 bridgehead atoms. The Bertz CT molecular complexity index is 810. The molecule has 2 aromatic carbocycles. The molecule has 28 heavy (non-hydrogen) atoms. The molecule has 148 valence electrons. The van der Waals surface area contributed by atoms with Crippen LogP contribution in [0.25, 0.3) is 0 Å². The minimum atomic E-state index is -0.186. The van der Waals surface area contributed by atoms with E-state index in [1.807, 2.05) is 36.1 Å². The maximum atomic E-state index is 12.5. The number of nitrogens with zero attached hydrogens (tertiary/aromatic N) is 1. The van der Waals surface area contributed by atoms with Crippen molar-refractivity contribution in [3.8, 4) is 0 Å². The van der Waals surface area contributed by atoms with Crippen molar-refractivity contribution in [2.24, 2.45) is 5.92 Å². The van der Waals surface area contributed by atoms with E-state index in [9.17, 15) is 9.59 Å². The molecule has 2 aromatic rings. The van der Waals surface area contributed by atoms with E-state index in [1.165, 1.54) is 5.56 Å². The van der Waals surface area contributed by atoms with Crippen molar-refractivity contribution in [3.05, 3.63) is 65.2 Å². The third-order valence-electron chi connectivity index (χ3n) is 5.31. The van der Waals surface area contributed by atoms with Crippen LogP contribution in [0.15, 0.2) is 48.5 Å². The highest BCUT2D eigenvalue weighted by atomic mass is 16.2. The predicted molar refractivity (Wildman–Crippen MR) is 113 cm³/mol. The normalized spacial score (nSPS) is 15.1. The molecule has 4 heteroatoms. The van der Waals surface area contributed by atoms with E-state index in [0.29, 0.717) is 18.9 Å². The van der Waals surface area contributed by atoms with Crippen molar-refractivity contribution in [2.75, 3.05) is 11.4 Å². The summed E-state index contributed by atoms with van der Waals surface area (Å²) in [4.78, 5) is 26.2. The lowest BCUT2D eigenvalue weighted by molar-refractivity contribution is -0.122. The Morgan fingerprint density at radius 2 is 1.64 bits per heavy atom. The summed E-state index contributed by atoms with van der Waals surface area (Å²) in [5.74, 6) is 0.654. The van der Waals surface area contributed by atoms with Crippen molar-refractivity contribution in [1.29, 1.82) is 0 Å². The van der Waals surface area contributed by atoms with E-state index in [1.54, 1.807) is 0 Å². The average molecular weight is 379 g/mol. The molecular weight excluding hydrogens is 348 g/mol. The smallest absolute Gasteiger partial charge is 0.227 e. The SMILES string of the molecule is CC(C)Cc1ccc(C(C)C(=O)NCc2ccc(N3CCCC3=O)cc2)cc1. The van der Waals surface area contributed by atoms with Crippen LogP contribution in [-0.2, 0) is 22.6 Å². The van der Waals surface area contributed by atoms with Crippen molar-refractivity contribution in [2.45, 2.75) is 52.5 Å². The van der Waals surface area contributed by atoms with E-state index in [0.717, 1.165) is 36.2 Å². The van der Waals surface area contributed by atoms with E-state index in [4.69, 9.17) is 0 Å². The first kappa shape index (κ1) is 20.1. The molecule has 0 radical (unpaired) electrons. The summed E-state index contributed by atoms with van der Waals surface area (Å²) in [7, 11) is 0. The van der Waals surface area contributed by atoms with Gasteiger partial charge in [0.25, 0.3) is 0 Å². The number of rotatable bonds is 7. The zero-order chi connectivity index (χ0) is 20.1. The van der Waals surface area contributed by atoms with Gasteiger partial charge in [-0.3, -0.25) is 9.59 Å². The predicted octanol–water partition coefficient (Wildman–Crippen LogP) is 4.43. The molecule has 0 spiro atoms. The largest absolute Gasteiger partial charge is 0.352 e. The van der Waals surface area contributed by atoms with Crippen LogP contribution in [0.5, 0.6) is 0 Å². The van der Waals surface area contributed by atoms with Crippen LogP contribution < -0.4 is 10.2 Å². The summed E-state index contributed by atoms with van der Waals surface area (Å²) in [5.41, 5.74) is 4.31. The molecule has 1 N–H and O–H groups in total. The van der Waals surface area contributed by atoms with Gasteiger partial charge in [0, 0.05) is 25.2 Å². The van der Waals surface area contributed by atoms with Gasteiger partial charge in [0.1, 0.15) is 0 Å². The molecule has 4 nitrogen and oxygen atoms in total. The average Bonchev–Trinajstić information content (AvgIpc) is 3.12. The van der Waals surface area contributed by atoms with Gasteiger partial charge >= 0.3 is 0 Å². The summed E-state index contributed by atoms with van der Waals surface area (Å²) < 4.78 is 0. The molecule has 1 fully saturated rings. The van der Waals surface area contributed by atoms with Crippen LogP contribution in [0.2, 0.25) is 0 Å². The molecule has 1 unspecified atom stereocenters. The third-order valence-corrected chi connectivity index (χ3v) is 5.31. The quantitative estimate of drug-likeness (QED) is 0.775. The zero-order valence-corrected chi connectivity index (χ0v) is 17.1. The van der Waals surface area contributed by atoms with Crippen LogP contribution >= 0.6 is 0 Å². The van der Waals surface area contributed by atoms with Crippen LogP contribution in [0.1, 0.15) is 56.2 Å². The second-order valence-corrected chi connectivity index (χ2v) is 8.09. The molecule has 3 rings (SSSR count). The van der Waals surface area contributed by atoms with Crippen molar-refractivity contribution in [3.63, 3.8) is 0 Å². The molecule has 0 saturated carbocycles. The van der Waals surface area contributed by atoms with Gasteiger partial charge in [-0.25, -0.2) is 0 Å². The Labute approximate surface area is 167 Å². The lowest BCUT2D eigenvalue weighted by Gasteiger charge is -2.16. The molecule has 1 aliphatic heterocycles. The maximum Gasteiger partial charge on any atom is 0.227 e. The fourth-order valence-electron chi connectivity index (χ4n) is 3.62. The van der Waals surface area contributed by atoms with Gasteiger partial charge in [-0.05, 0) is 54.5 Å². The number of carbonyl (C=O) groups is 2. The first-order valence-corrected chi connectivity index (χ1v) is 10.2. The highest BCUT2D eigenvalue weighted by Gasteiger charge is 2.21. The highest BCUT2D eigenvalue weighted by molar-refractivity contribution is 5.95. The molecule has 1 aliphatic rings. The third kappa shape index (κ3) is 5.00. The molecule has 1 heterocycles. The fourth-order valence-corrected chi connectivity index (χ4v) is 3.62. The van der Waals surface area contributed by atoms with Crippen LogP contribution in [0.4, 0.5) is 5.69 Å². The molecule has 0 aromatic heterocycles. The summed E-state index contributed by atoms with van der Waals surface area (Å²) >= 11 is 0. The van der Waals surface area contributed by atoms with Gasteiger partial charge in [-0.1, -0.05) is 50.2 Å². The van der Waals surface area contributed by atoms with Gasteiger partial charge in [-0.15, -0.1) is 0 Å². The second kappa shape index (κ2) is 9.05. The summed E-state index contributed by atoms with van der Waals surface area (Å²) in [5, 5.41) is 3.02. The summed E-state index contributed by atoms with van der Waals surface area (Å²) in [6.45, 7) is 7.64. The summed E-state index contributed by atoms with van der Waals surface area (Å²) in [6, 6.07) is 16.2. The number of hydrogen-bond acceptors (Lipinski definition) is 2. The Morgan fingerprint density at radius 1 is 1.00 bits per heavy atom. The van der Waals surface area contributed by atoms with Gasteiger partial charge in [0.05, 0.1) is 5.92 Å². The molecule has 2 amide bonds. The Balaban J connectivity index is 1.53. The molecular formula is C24H30N2O2. The number of nitrogens with one attached hydrogen (secondary N) is 1. The van der Waals surface area contributed by atoms with Crippen LogP contribution in [-0.4, -0.2) is 18.4 Å². The van der Waals surface area contributed by atoms with Crippen molar-refractivity contribution in [1.82, 2.24) is 5.32 Å². The summed E-state index contributed by atoms with van der Waals surface area (Å²) in [6.07, 6.45) is 2.61. The minimum absolute atomic E-state index is 0.0235. The highest BCUT2D eigenvalue weighted by Crippen LogP contribution is 2.22. The first-order valence-electron chi connectivity index (χ1n) is 10.2. The van der Waals surface area contributed by atoms with E-state index < -0.39 is 0 Å².